The molecule has 3 heteroatoms. The Morgan fingerprint density at radius 1 is 1.14 bits per heavy atom. The minimum atomic E-state index is 0.562. The Balaban J connectivity index is 2.22. The van der Waals surface area contributed by atoms with Crippen molar-refractivity contribution in [3.05, 3.63) is 58.6 Å². The molecule has 21 heavy (non-hydrogen) atoms. The van der Waals surface area contributed by atoms with Crippen molar-refractivity contribution in [3.8, 4) is 11.5 Å². The lowest BCUT2D eigenvalue weighted by molar-refractivity contribution is 0.476. The third kappa shape index (κ3) is 3.99. The quantitative estimate of drug-likeness (QED) is 0.801. The number of hydrogen-bond acceptors (Lipinski definition) is 2. The summed E-state index contributed by atoms with van der Waals surface area (Å²) in [5.74, 6) is 2.07. The summed E-state index contributed by atoms with van der Waals surface area (Å²) in [5, 5.41) is 0.618. The van der Waals surface area contributed by atoms with Crippen LogP contribution in [0.3, 0.4) is 0 Å². The van der Waals surface area contributed by atoms with Crippen LogP contribution >= 0.6 is 11.6 Å². The van der Waals surface area contributed by atoms with Gasteiger partial charge in [-0.1, -0.05) is 49.7 Å². The molecule has 0 aliphatic heterocycles. The zero-order chi connectivity index (χ0) is 15.2. The van der Waals surface area contributed by atoms with Gasteiger partial charge in [-0.05, 0) is 54.6 Å². The Hall–Kier alpha value is -1.51. The fraction of sp³-hybridized carbons (Fsp3) is 0.333. The monoisotopic (exact) mass is 303 g/mol. The Morgan fingerprint density at radius 2 is 1.86 bits per heavy atom. The van der Waals surface area contributed by atoms with Crippen LogP contribution in [0.15, 0.2) is 42.5 Å². The molecule has 1 unspecified atom stereocenters. The van der Waals surface area contributed by atoms with E-state index in [4.69, 9.17) is 22.1 Å². The molecule has 0 saturated carbocycles. The highest BCUT2D eigenvalue weighted by Crippen LogP contribution is 2.33. The van der Waals surface area contributed by atoms with E-state index in [0.29, 0.717) is 23.2 Å². The molecule has 0 amide bonds. The number of rotatable bonds is 6. The molecule has 0 saturated heterocycles. The highest BCUT2D eigenvalue weighted by atomic mass is 35.5. The van der Waals surface area contributed by atoms with Crippen LogP contribution in [0.1, 0.15) is 37.3 Å². The molecule has 2 N–H and O–H groups in total. The van der Waals surface area contributed by atoms with Crippen LogP contribution in [0, 0.1) is 0 Å². The summed E-state index contributed by atoms with van der Waals surface area (Å²) >= 11 is 6.25. The van der Waals surface area contributed by atoms with Gasteiger partial charge in [-0.3, -0.25) is 0 Å². The van der Waals surface area contributed by atoms with Gasteiger partial charge in [0.15, 0.2) is 0 Å². The summed E-state index contributed by atoms with van der Waals surface area (Å²) in [6.45, 7) is 4.99. The van der Waals surface area contributed by atoms with E-state index in [1.165, 1.54) is 5.56 Å². The fourth-order valence-corrected chi connectivity index (χ4v) is 2.47. The first-order chi connectivity index (χ1) is 10.2. The second-order valence-electron chi connectivity index (χ2n) is 5.25. The van der Waals surface area contributed by atoms with Gasteiger partial charge < -0.3 is 10.5 Å². The molecule has 0 fully saturated rings. The summed E-state index contributed by atoms with van der Waals surface area (Å²) in [4.78, 5) is 0. The van der Waals surface area contributed by atoms with Gasteiger partial charge in [0.1, 0.15) is 11.5 Å². The molecule has 0 aliphatic rings. The first kappa shape index (κ1) is 15.9. The van der Waals surface area contributed by atoms with Gasteiger partial charge in [-0.25, -0.2) is 0 Å². The van der Waals surface area contributed by atoms with Crippen molar-refractivity contribution in [1.29, 1.82) is 0 Å². The summed E-state index contributed by atoms with van der Waals surface area (Å²) in [6, 6.07) is 14.0. The highest BCUT2D eigenvalue weighted by molar-refractivity contribution is 6.32. The highest BCUT2D eigenvalue weighted by Gasteiger charge is 2.10. The van der Waals surface area contributed by atoms with Gasteiger partial charge in [0.25, 0.3) is 0 Å². The zero-order valence-corrected chi connectivity index (χ0v) is 13.4. The average Bonchev–Trinajstić information content (AvgIpc) is 2.51. The largest absolute Gasteiger partial charge is 0.456 e. The van der Waals surface area contributed by atoms with Crippen LogP contribution in [-0.4, -0.2) is 6.54 Å². The molecule has 2 rings (SSSR count). The van der Waals surface area contributed by atoms with Gasteiger partial charge in [0, 0.05) is 0 Å². The Morgan fingerprint density at radius 3 is 2.48 bits per heavy atom. The summed E-state index contributed by atoms with van der Waals surface area (Å²) < 4.78 is 5.97. The van der Waals surface area contributed by atoms with Crippen molar-refractivity contribution in [2.75, 3.05) is 6.54 Å². The summed E-state index contributed by atoms with van der Waals surface area (Å²) in [7, 11) is 0. The Labute approximate surface area is 131 Å². The molecule has 0 heterocycles. The Kier molecular flexibility index (Phi) is 5.66. The maximum Gasteiger partial charge on any atom is 0.149 e. The first-order valence-electron chi connectivity index (χ1n) is 7.41. The van der Waals surface area contributed by atoms with Crippen LogP contribution in [0.5, 0.6) is 11.5 Å². The van der Waals surface area contributed by atoms with Crippen molar-refractivity contribution in [3.63, 3.8) is 0 Å². The first-order valence-corrected chi connectivity index (χ1v) is 7.78. The lowest BCUT2D eigenvalue weighted by atomic mass is 9.99. The molecular formula is C18H22ClNO. The molecule has 0 spiro atoms. The Bertz CT molecular complexity index is 580. The molecule has 0 radical (unpaired) electrons. The van der Waals surface area contributed by atoms with Gasteiger partial charge in [0.05, 0.1) is 5.02 Å². The molecule has 0 aromatic heterocycles. The SMILES string of the molecule is CCC(C)c1ccc(Oc2c(Cl)cccc2CCN)cc1. The molecule has 112 valence electrons. The van der Waals surface area contributed by atoms with Gasteiger partial charge in [-0.15, -0.1) is 0 Å². The average molecular weight is 304 g/mol. The topological polar surface area (TPSA) is 35.2 Å². The third-order valence-corrected chi connectivity index (χ3v) is 4.04. The maximum absolute atomic E-state index is 6.25. The maximum atomic E-state index is 6.25. The van der Waals surface area contributed by atoms with Gasteiger partial charge in [0.2, 0.25) is 0 Å². The predicted octanol–water partition coefficient (Wildman–Crippen LogP) is 5.15. The lowest BCUT2D eigenvalue weighted by Crippen LogP contribution is -2.04. The van der Waals surface area contributed by atoms with E-state index in [2.05, 4.69) is 26.0 Å². The van der Waals surface area contributed by atoms with Crippen LogP contribution in [0.2, 0.25) is 5.02 Å². The predicted molar refractivity (Wildman–Crippen MR) is 89.4 cm³/mol. The number of benzene rings is 2. The van der Waals surface area contributed by atoms with E-state index >= 15 is 0 Å². The number of nitrogens with two attached hydrogens (primary N) is 1. The van der Waals surface area contributed by atoms with E-state index in [9.17, 15) is 0 Å². The standard InChI is InChI=1S/C18H22ClNO/c1-3-13(2)14-7-9-16(10-8-14)21-18-15(11-12-20)5-4-6-17(18)19/h4-10,13H,3,11-12,20H2,1-2H3. The van der Waals surface area contributed by atoms with Crippen molar-refractivity contribution in [1.82, 2.24) is 0 Å². The van der Waals surface area contributed by atoms with Gasteiger partial charge in [-0.2, -0.15) is 0 Å². The number of halogens is 1. The van der Waals surface area contributed by atoms with Gasteiger partial charge >= 0.3 is 0 Å². The number of ether oxygens (including phenoxy) is 1. The lowest BCUT2D eigenvalue weighted by Gasteiger charge is -2.14. The summed E-state index contributed by atoms with van der Waals surface area (Å²) in [5.41, 5.74) is 8.01. The molecule has 1 atom stereocenters. The minimum Gasteiger partial charge on any atom is -0.456 e. The van der Waals surface area contributed by atoms with E-state index in [1.54, 1.807) is 0 Å². The molecule has 2 nitrogen and oxygen atoms in total. The van der Waals surface area contributed by atoms with E-state index in [0.717, 1.165) is 24.2 Å². The van der Waals surface area contributed by atoms with E-state index < -0.39 is 0 Å². The number of para-hydroxylation sites is 1. The van der Waals surface area contributed by atoms with Crippen LogP contribution in [-0.2, 0) is 6.42 Å². The second kappa shape index (κ2) is 7.48. The van der Waals surface area contributed by atoms with E-state index in [1.807, 2.05) is 30.3 Å². The number of hydrogen-bond donors (Lipinski definition) is 1. The molecule has 2 aromatic rings. The van der Waals surface area contributed by atoms with Crippen molar-refractivity contribution < 1.29 is 4.74 Å². The van der Waals surface area contributed by atoms with Crippen molar-refractivity contribution in [2.45, 2.75) is 32.6 Å². The smallest absolute Gasteiger partial charge is 0.149 e. The fourth-order valence-electron chi connectivity index (χ4n) is 2.24. The molecule has 2 aromatic carbocycles. The van der Waals surface area contributed by atoms with E-state index in [-0.39, 0.29) is 0 Å². The molecule has 0 aliphatic carbocycles. The summed E-state index contributed by atoms with van der Waals surface area (Å²) in [6.07, 6.45) is 1.88. The van der Waals surface area contributed by atoms with Crippen LogP contribution in [0.4, 0.5) is 0 Å². The normalized spacial score (nSPS) is 12.2. The molecular weight excluding hydrogens is 282 g/mol. The second-order valence-corrected chi connectivity index (χ2v) is 5.65. The zero-order valence-electron chi connectivity index (χ0n) is 12.6. The third-order valence-electron chi connectivity index (χ3n) is 3.74. The van der Waals surface area contributed by atoms with Crippen molar-refractivity contribution in [2.24, 2.45) is 5.73 Å². The molecule has 0 bridgehead atoms. The van der Waals surface area contributed by atoms with Crippen LogP contribution in [0.25, 0.3) is 0 Å². The van der Waals surface area contributed by atoms with Crippen molar-refractivity contribution >= 4 is 11.6 Å². The minimum absolute atomic E-state index is 0.562. The van der Waals surface area contributed by atoms with Crippen LogP contribution < -0.4 is 10.5 Å².